The van der Waals surface area contributed by atoms with E-state index in [4.69, 9.17) is 4.42 Å². The lowest BCUT2D eigenvalue weighted by atomic mass is 9.69. The summed E-state index contributed by atoms with van der Waals surface area (Å²) < 4.78 is 7.85. The first-order valence-electron chi connectivity index (χ1n) is 8.96. The largest absolute Gasteiger partial charge is 0.464 e. The second-order valence-corrected chi connectivity index (χ2v) is 8.16. The maximum Gasteiger partial charge on any atom is 0.167 e. The monoisotopic (exact) mass is 360 g/mol. The van der Waals surface area contributed by atoms with Crippen LogP contribution in [0.1, 0.15) is 33.3 Å². The number of furan rings is 1. The number of nitrogens with zero attached hydrogens (tertiary/aromatic N) is 3. The number of benzene rings is 1. The number of hydrogen-bond donors (Lipinski definition) is 1. The molecule has 0 amide bonds. The van der Waals surface area contributed by atoms with E-state index in [-0.39, 0.29) is 5.78 Å². The van der Waals surface area contributed by atoms with Crippen LogP contribution in [-0.4, -0.2) is 25.7 Å². The molecule has 1 N–H and O–H groups in total. The Hall–Kier alpha value is -3.15. The quantitative estimate of drug-likeness (QED) is 0.551. The van der Waals surface area contributed by atoms with E-state index in [9.17, 15) is 4.79 Å². The van der Waals surface area contributed by atoms with Crippen molar-refractivity contribution in [2.24, 2.45) is 0 Å². The average Bonchev–Trinajstić information content (AvgIpc) is 3.29. The van der Waals surface area contributed by atoms with E-state index in [0.29, 0.717) is 0 Å². The van der Waals surface area contributed by atoms with Crippen LogP contribution < -0.4 is 5.32 Å². The third-order valence-corrected chi connectivity index (χ3v) is 5.58. The molecule has 136 valence electrons. The Balaban J connectivity index is 1.89. The van der Waals surface area contributed by atoms with Gasteiger partial charge in [-0.2, -0.15) is 0 Å². The molecule has 0 spiro atoms. The number of imidazole rings is 1. The summed E-state index contributed by atoms with van der Waals surface area (Å²) in [6.07, 6.45) is 8.86. The third-order valence-electron chi connectivity index (χ3n) is 5.58. The zero-order chi connectivity index (χ0) is 19.0. The second kappa shape index (κ2) is 4.97. The van der Waals surface area contributed by atoms with Gasteiger partial charge in [-0.15, -0.1) is 0 Å². The van der Waals surface area contributed by atoms with Crippen molar-refractivity contribution in [3.8, 4) is 11.3 Å². The topological polar surface area (TPSA) is 72.4 Å². The van der Waals surface area contributed by atoms with E-state index in [0.717, 1.165) is 39.1 Å². The van der Waals surface area contributed by atoms with Crippen molar-refractivity contribution in [1.82, 2.24) is 14.4 Å². The van der Waals surface area contributed by atoms with E-state index < -0.39 is 11.0 Å². The molecule has 0 radical (unpaired) electrons. The van der Waals surface area contributed by atoms with E-state index in [1.165, 1.54) is 0 Å². The first-order chi connectivity index (χ1) is 12.8. The molecule has 6 heteroatoms. The minimum absolute atomic E-state index is 0.162. The van der Waals surface area contributed by atoms with Gasteiger partial charge >= 0.3 is 0 Å². The number of carbonyl (C=O) groups is 1. The molecule has 1 aliphatic rings. The molecule has 0 aliphatic carbocycles. The summed E-state index contributed by atoms with van der Waals surface area (Å²) in [5.41, 5.74) is 3.96. The minimum Gasteiger partial charge on any atom is -0.464 e. The van der Waals surface area contributed by atoms with E-state index in [1.54, 1.807) is 24.9 Å². The van der Waals surface area contributed by atoms with Crippen LogP contribution in [0.5, 0.6) is 0 Å². The highest BCUT2D eigenvalue weighted by Gasteiger charge is 2.46. The zero-order valence-corrected chi connectivity index (χ0v) is 15.7. The third kappa shape index (κ3) is 2.04. The van der Waals surface area contributed by atoms with Crippen LogP contribution in [0.25, 0.3) is 27.9 Å². The molecule has 6 nitrogen and oxygen atoms in total. The molecule has 0 fully saturated rings. The number of carbonyl (C=O) groups excluding carboxylic acids is 1. The molecule has 1 aromatic carbocycles. The lowest BCUT2D eigenvalue weighted by molar-refractivity contribution is -0.127. The summed E-state index contributed by atoms with van der Waals surface area (Å²) >= 11 is 0. The van der Waals surface area contributed by atoms with Crippen molar-refractivity contribution in [2.45, 2.75) is 38.6 Å². The fourth-order valence-electron chi connectivity index (χ4n) is 4.28. The van der Waals surface area contributed by atoms with Gasteiger partial charge < -0.3 is 9.73 Å². The molecule has 4 aromatic rings. The number of anilines is 1. The maximum atomic E-state index is 13.1. The summed E-state index contributed by atoms with van der Waals surface area (Å²) in [7, 11) is 0. The molecular formula is C21H20N4O2. The lowest BCUT2D eigenvalue weighted by Crippen LogP contribution is -2.53. The van der Waals surface area contributed by atoms with Crippen LogP contribution in [0.3, 0.4) is 0 Å². The Morgan fingerprint density at radius 1 is 1.19 bits per heavy atom. The van der Waals surface area contributed by atoms with Crippen LogP contribution in [0, 0.1) is 0 Å². The SMILES string of the molecule is CC1(C)Nc2c(cc(-c3cncc4nccn34)c3occc23)C(C)(C)C1=O. The summed E-state index contributed by atoms with van der Waals surface area (Å²) in [6.45, 7) is 7.83. The van der Waals surface area contributed by atoms with Gasteiger partial charge in [-0.25, -0.2) is 4.98 Å². The van der Waals surface area contributed by atoms with Gasteiger partial charge in [0.05, 0.1) is 41.0 Å². The van der Waals surface area contributed by atoms with Crippen molar-refractivity contribution in [1.29, 1.82) is 0 Å². The van der Waals surface area contributed by atoms with Crippen LogP contribution in [-0.2, 0) is 10.2 Å². The number of hydrogen-bond acceptors (Lipinski definition) is 5. The van der Waals surface area contributed by atoms with Crippen LogP contribution in [0.2, 0.25) is 0 Å². The number of nitrogens with one attached hydrogen (secondary N) is 1. The van der Waals surface area contributed by atoms with E-state index in [1.807, 2.05) is 44.4 Å². The Labute approximate surface area is 156 Å². The van der Waals surface area contributed by atoms with Gasteiger partial charge in [0.1, 0.15) is 5.58 Å². The molecule has 5 rings (SSSR count). The number of ketones is 1. The fourth-order valence-corrected chi connectivity index (χ4v) is 4.28. The van der Waals surface area contributed by atoms with Crippen molar-refractivity contribution < 1.29 is 9.21 Å². The molecule has 0 atom stereocenters. The highest BCUT2D eigenvalue weighted by molar-refractivity contribution is 6.10. The predicted molar refractivity (Wildman–Crippen MR) is 104 cm³/mol. The molecule has 1 aliphatic heterocycles. The van der Waals surface area contributed by atoms with E-state index in [2.05, 4.69) is 21.4 Å². The highest BCUT2D eigenvalue weighted by atomic mass is 16.3. The van der Waals surface area contributed by atoms with Gasteiger partial charge in [-0.05, 0) is 45.4 Å². The van der Waals surface area contributed by atoms with Gasteiger partial charge in [-0.1, -0.05) is 0 Å². The minimum atomic E-state index is -0.645. The van der Waals surface area contributed by atoms with Gasteiger partial charge in [0.2, 0.25) is 0 Å². The Morgan fingerprint density at radius 3 is 2.81 bits per heavy atom. The van der Waals surface area contributed by atoms with Crippen LogP contribution in [0.4, 0.5) is 5.69 Å². The molecular weight excluding hydrogens is 340 g/mol. The highest BCUT2D eigenvalue weighted by Crippen LogP contribution is 2.47. The summed E-state index contributed by atoms with van der Waals surface area (Å²) in [5.74, 6) is 0.162. The predicted octanol–water partition coefficient (Wildman–Crippen LogP) is 4.19. The number of aromatic nitrogens is 3. The van der Waals surface area contributed by atoms with Crippen LogP contribution in [0.15, 0.2) is 47.6 Å². The second-order valence-electron chi connectivity index (χ2n) is 8.16. The average molecular weight is 360 g/mol. The van der Waals surface area contributed by atoms with Gasteiger partial charge in [-0.3, -0.25) is 14.2 Å². The Kier molecular flexibility index (Phi) is 2.96. The molecule has 0 unspecified atom stereocenters. The number of rotatable bonds is 1. The molecule has 27 heavy (non-hydrogen) atoms. The van der Waals surface area contributed by atoms with Gasteiger partial charge in [0.15, 0.2) is 11.4 Å². The van der Waals surface area contributed by atoms with Crippen molar-refractivity contribution in [3.63, 3.8) is 0 Å². The summed E-state index contributed by atoms with van der Waals surface area (Å²) in [6, 6.07) is 4.01. The Bertz CT molecular complexity index is 1230. The van der Waals surface area contributed by atoms with Crippen LogP contribution >= 0.6 is 0 Å². The van der Waals surface area contributed by atoms with Crippen molar-refractivity contribution in [2.75, 3.05) is 5.32 Å². The molecule has 0 saturated carbocycles. The molecule has 3 aromatic heterocycles. The van der Waals surface area contributed by atoms with Crippen molar-refractivity contribution in [3.05, 3.63) is 48.7 Å². The first-order valence-corrected chi connectivity index (χ1v) is 8.96. The van der Waals surface area contributed by atoms with E-state index >= 15 is 0 Å². The first kappa shape index (κ1) is 16.1. The number of Topliss-reactive ketones (excluding diaryl/α,β-unsaturated/α-hetero) is 1. The number of fused-ring (bicyclic) bond motifs is 4. The normalized spacial score (nSPS) is 17.9. The smallest absolute Gasteiger partial charge is 0.167 e. The molecule has 0 bridgehead atoms. The summed E-state index contributed by atoms with van der Waals surface area (Å²) in [4.78, 5) is 21.8. The molecule has 4 heterocycles. The zero-order valence-electron chi connectivity index (χ0n) is 15.7. The van der Waals surface area contributed by atoms with Crippen molar-refractivity contribution >= 4 is 28.1 Å². The Morgan fingerprint density at radius 2 is 2.00 bits per heavy atom. The fraction of sp³-hybridized carbons (Fsp3) is 0.286. The standard InChI is InChI=1S/C21H20N4O2/c1-20(2)14-9-13(15-10-22-11-16-23-6-7-25(15)16)18-12(5-8-27-18)17(14)24-21(3,4)19(20)26/h5-11,24H,1-4H3. The molecule has 0 saturated heterocycles. The van der Waals surface area contributed by atoms with Gasteiger partial charge in [0, 0.05) is 23.3 Å². The summed E-state index contributed by atoms with van der Waals surface area (Å²) in [5, 5.41) is 4.40. The van der Waals surface area contributed by atoms with Gasteiger partial charge in [0.25, 0.3) is 0 Å². The lowest BCUT2D eigenvalue weighted by Gasteiger charge is -2.42. The maximum absolute atomic E-state index is 13.1.